The van der Waals surface area contributed by atoms with E-state index in [-0.39, 0.29) is 5.97 Å². The zero-order valence-corrected chi connectivity index (χ0v) is 15.5. The first kappa shape index (κ1) is 18.1. The van der Waals surface area contributed by atoms with Crippen LogP contribution in [0.3, 0.4) is 0 Å². The molecule has 138 valence electrons. The smallest absolute Gasteiger partial charge is 0.340 e. The Bertz CT molecular complexity index is 772. The summed E-state index contributed by atoms with van der Waals surface area (Å²) in [6.45, 7) is 7.87. The number of aromatic nitrogens is 2. The van der Waals surface area contributed by atoms with Gasteiger partial charge >= 0.3 is 5.97 Å². The Kier molecular flexibility index (Phi) is 5.68. The highest BCUT2D eigenvalue weighted by molar-refractivity contribution is 5.96. The summed E-state index contributed by atoms with van der Waals surface area (Å²) >= 11 is 0. The summed E-state index contributed by atoms with van der Waals surface area (Å²) in [7, 11) is 2.12. The lowest BCUT2D eigenvalue weighted by Crippen LogP contribution is -2.45. The molecule has 1 fully saturated rings. The average molecular weight is 355 g/mol. The molecular weight excluding hydrogens is 330 g/mol. The molecule has 0 spiro atoms. The number of esters is 1. The number of hydrogen-bond donors (Lipinski definition) is 1. The molecule has 0 amide bonds. The quantitative estimate of drug-likeness (QED) is 0.826. The van der Waals surface area contributed by atoms with Gasteiger partial charge in [0.25, 0.3) is 0 Å². The van der Waals surface area contributed by atoms with Crippen LogP contribution in [0.2, 0.25) is 0 Å². The van der Waals surface area contributed by atoms with Crippen LogP contribution < -0.4 is 10.2 Å². The molecule has 0 saturated carbocycles. The minimum atomic E-state index is -0.347. The van der Waals surface area contributed by atoms with E-state index in [1.165, 1.54) is 0 Å². The van der Waals surface area contributed by atoms with Crippen molar-refractivity contribution >= 4 is 23.4 Å². The second-order valence-electron chi connectivity index (χ2n) is 6.38. The van der Waals surface area contributed by atoms with Gasteiger partial charge in [-0.1, -0.05) is 12.1 Å². The van der Waals surface area contributed by atoms with Crippen molar-refractivity contribution in [2.45, 2.75) is 13.8 Å². The van der Waals surface area contributed by atoms with E-state index in [0.29, 0.717) is 29.6 Å². The minimum Gasteiger partial charge on any atom is -0.462 e. The molecule has 1 saturated heterocycles. The van der Waals surface area contributed by atoms with Gasteiger partial charge in [-0.15, -0.1) is 0 Å². The maximum Gasteiger partial charge on any atom is 0.340 e. The van der Waals surface area contributed by atoms with Crippen molar-refractivity contribution in [3.63, 3.8) is 0 Å². The Morgan fingerprint density at radius 2 is 1.92 bits per heavy atom. The third kappa shape index (κ3) is 4.29. The summed E-state index contributed by atoms with van der Waals surface area (Å²) in [5.41, 5.74) is 2.05. The number of rotatable bonds is 5. The first-order valence-electron chi connectivity index (χ1n) is 8.89. The first-order chi connectivity index (χ1) is 12.6. The summed E-state index contributed by atoms with van der Waals surface area (Å²) in [5.74, 6) is 1.04. The van der Waals surface area contributed by atoms with E-state index >= 15 is 0 Å². The molecule has 7 heteroatoms. The summed E-state index contributed by atoms with van der Waals surface area (Å²) in [5, 5.41) is 3.25. The highest BCUT2D eigenvalue weighted by Gasteiger charge is 2.18. The van der Waals surface area contributed by atoms with Crippen LogP contribution in [0.5, 0.6) is 0 Å². The maximum absolute atomic E-state index is 12.2. The normalized spacial score (nSPS) is 15.0. The van der Waals surface area contributed by atoms with Gasteiger partial charge in [0.1, 0.15) is 5.82 Å². The van der Waals surface area contributed by atoms with E-state index < -0.39 is 0 Å². The van der Waals surface area contributed by atoms with Gasteiger partial charge in [-0.05, 0) is 33.0 Å². The van der Waals surface area contributed by atoms with E-state index in [9.17, 15) is 4.79 Å². The van der Waals surface area contributed by atoms with E-state index in [1.54, 1.807) is 13.0 Å². The number of aryl methyl sites for hydroxylation is 1. The average Bonchev–Trinajstić information content (AvgIpc) is 2.62. The van der Waals surface area contributed by atoms with Crippen LogP contribution in [0, 0.1) is 6.92 Å². The number of para-hydroxylation sites is 1. The van der Waals surface area contributed by atoms with Crippen LogP contribution in [0.4, 0.5) is 17.5 Å². The lowest BCUT2D eigenvalue weighted by atomic mass is 10.2. The summed E-state index contributed by atoms with van der Waals surface area (Å²) < 4.78 is 5.13. The zero-order chi connectivity index (χ0) is 18.5. The van der Waals surface area contributed by atoms with Gasteiger partial charge in [-0.3, -0.25) is 0 Å². The molecule has 7 nitrogen and oxygen atoms in total. The molecule has 1 aromatic heterocycles. The molecule has 26 heavy (non-hydrogen) atoms. The SMILES string of the molecule is CCOC(=O)c1ccccc1Nc1cc(C)nc(N2CCN(C)CC2)n1. The predicted molar refractivity (Wildman–Crippen MR) is 102 cm³/mol. The van der Waals surface area contributed by atoms with Crippen LogP contribution >= 0.6 is 0 Å². The Morgan fingerprint density at radius 3 is 2.65 bits per heavy atom. The minimum absolute atomic E-state index is 0.341. The fourth-order valence-electron chi connectivity index (χ4n) is 2.88. The molecule has 1 aromatic carbocycles. The standard InChI is InChI=1S/C19H25N5O2/c1-4-26-18(25)15-7-5-6-8-16(15)21-17-13-14(2)20-19(22-17)24-11-9-23(3)10-12-24/h5-8,13H,4,9-12H2,1-3H3,(H,20,21,22). The number of hydrogen-bond acceptors (Lipinski definition) is 7. The van der Waals surface area contributed by atoms with E-state index in [0.717, 1.165) is 31.9 Å². The van der Waals surface area contributed by atoms with Crippen LogP contribution in [0.25, 0.3) is 0 Å². The third-order valence-corrected chi connectivity index (χ3v) is 4.31. The third-order valence-electron chi connectivity index (χ3n) is 4.31. The number of piperazine rings is 1. The fourth-order valence-corrected chi connectivity index (χ4v) is 2.88. The van der Waals surface area contributed by atoms with Crippen molar-refractivity contribution in [3.05, 3.63) is 41.6 Å². The number of nitrogens with one attached hydrogen (secondary N) is 1. The number of likely N-dealkylation sites (N-methyl/N-ethyl adjacent to an activating group) is 1. The van der Waals surface area contributed by atoms with Crippen LogP contribution in [-0.2, 0) is 4.74 Å². The van der Waals surface area contributed by atoms with Crippen molar-refractivity contribution in [1.82, 2.24) is 14.9 Å². The molecule has 1 aliphatic rings. The molecule has 1 N–H and O–H groups in total. The second kappa shape index (κ2) is 8.14. The summed E-state index contributed by atoms with van der Waals surface area (Å²) in [6.07, 6.45) is 0. The number of anilines is 3. The molecule has 2 aromatic rings. The molecule has 0 bridgehead atoms. The van der Waals surface area contributed by atoms with Crippen LogP contribution in [0.1, 0.15) is 23.0 Å². The molecule has 0 aliphatic carbocycles. The van der Waals surface area contributed by atoms with Crippen LogP contribution in [-0.4, -0.2) is 60.7 Å². The molecule has 3 rings (SSSR count). The molecule has 1 aliphatic heterocycles. The van der Waals surface area contributed by atoms with Gasteiger partial charge in [0.15, 0.2) is 0 Å². The molecular formula is C19H25N5O2. The molecule has 0 unspecified atom stereocenters. The van der Waals surface area contributed by atoms with Gasteiger partial charge < -0.3 is 19.9 Å². The van der Waals surface area contributed by atoms with Gasteiger partial charge in [-0.25, -0.2) is 9.78 Å². The summed E-state index contributed by atoms with van der Waals surface area (Å²) in [6, 6.07) is 9.16. The van der Waals surface area contributed by atoms with Crippen molar-refractivity contribution < 1.29 is 9.53 Å². The zero-order valence-electron chi connectivity index (χ0n) is 15.5. The molecule has 2 heterocycles. The van der Waals surface area contributed by atoms with E-state index in [2.05, 4.69) is 32.1 Å². The van der Waals surface area contributed by atoms with Gasteiger partial charge in [0.05, 0.1) is 17.9 Å². The Balaban J connectivity index is 1.84. The number of carbonyl (C=O) groups excluding carboxylic acids is 1. The Hall–Kier alpha value is -2.67. The summed E-state index contributed by atoms with van der Waals surface area (Å²) in [4.78, 5) is 25.9. The van der Waals surface area contributed by atoms with Crippen molar-refractivity contribution in [2.75, 3.05) is 50.1 Å². The van der Waals surface area contributed by atoms with E-state index in [1.807, 2.05) is 31.2 Å². The van der Waals surface area contributed by atoms with E-state index in [4.69, 9.17) is 4.74 Å². The number of benzene rings is 1. The highest BCUT2D eigenvalue weighted by Crippen LogP contribution is 2.23. The number of ether oxygens (including phenoxy) is 1. The first-order valence-corrected chi connectivity index (χ1v) is 8.89. The Morgan fingerprint density at radius 1 is 1.19 bits per heavy atom. The monoisotopic (exact) mass is 355 g/mol. The second-order valence-corrected chi connectivity index (χ2v) is 6.38. The maximum atomic E-state index is 12.2. The molecule has 0 radical (unpaired) electrons. The number of nitrogens with zero attached hydrogens (tertiary/aromatic N) is 4. The Labute approximate surface area is 154 Å². The van der Waals surface area contributed by atoms with Gasteiger partial charge in [-0.2, -0.15) is 4.98 Å². The highest BCUT2D eigenvalue weighted by atomic mass is 16.5. The number of carbonyl (C=O) groups is 1. The van der Waals surface area contributed by atoms with Crippen molar-refractivity contribution in [2.24, 2.45) is 0 Å². The topological polar surface area (TPSA) is 70.6 Å². The van der Waals surface area contributed by atoms with Gasteiger partial charge in [0, 0.05) is 37.9 Å². The predicted octanol–water partition coefficient (Wildman–Crippen LogP) is 2.46. The lowest BCUT2D eigenvalue weighted by Gasteiger charge is -2.32. The fraction of sp³-hybridized carbons (Fsp3) is 0.421. The molecule has 0 atom stereocenters. The van der Waals surface area contributed by atoms with Crippen LogP contribution in [0.15, 0.2) is 30.3 Å². The van der Waals surface area contributed by atoms with Gasteiger partial charge in [0.2, 0.25) is 5.95 Å². The van der Waals surface area contributed by atoms with Crippen molar-refractivity contribution in [1.29, 1.82) is 0 Å². The largest absolute Gasteiger partial charge is 0.462 e. The van der Waals surface area contributed by atoms with Crippen molar-refractivity contribution in [3.8, 4) is 0 Å². The lowest BCUT2D eigenvalue weighted by molar-refractivity contribution is 0.0527.